The van der Waals surface area contributed by atoms with E-state index in [4.69, 9.17) is 14.2 Å². The Kier molecular flexibility index (Phi) is 6.99. The molecular weight excluding hydrogens is 505 g/mol. The molecule has 13 heteroatoms. The molecule has 2 N–H and O–H groups in total. The minimum Gasteiger partial charge on any atom is -0.371 e. The van der Waals surface area contributed by atoms with Gasteiger partial charge in [-0.1, -0.05) is 30.3 Å². The molecule has 1 amide bonds. The number of nitrogens with zero attached hydrogens (tertiary/aromatic N) is 4. The van der Waals surface area contributed by atoms with E-state index < -0.39 is 42.0 Å². The number of rotatable bonds is 6. The quantitative estimate of drug-likeness (QED) is 0.495. The van der Waals surface area contributed by atoms with Gasteiger partial charge in [0.05, 0.1) is 30.6 Å². The van der Waals surface area contributed by atoms with Gasteiger partial charge in [-0.3, -0.25) is 9.78 Å². The predicted octanol–water partition coefficient (Wildman–Crippen LogP) is 3.08. The lowest BCUT2D eigenvalue weighted by Gasteiger charge is -2.37. The molecule has 5 rings (SSSR count). The Balaban J connectivity index is 1.23. The molecule has 0 saturated carbocycles. The van der Waals surface area contributed by atoms with Crippen molar-refractivity contribution < 1.29 is 32.2 Å². The summed E-state index contributed by atoms with van der Waals surface area (Å²) in [7, 11) is 0. The summed E-state index contributed by atoms with van der Waals surface area (Å²) in [5.41, 5.74) is 0.00562. The van der Waals surface area contributed by atoms with Crippen LogP contribution in [0.1, 0.15) is 29.9 Å². The second kappa shape index (κ2) is 10.2. The van der Waals surface area contributed by atoms with Crippen molar-refractivity contribution in [2.24, 2.45) is 0 Å². The first-order chi connectivity index (χ1) is 18.1. The molecule has 38 heavy (non-hydrogen) atoms. The lowest BCUT2D eigenvalue weighted by Crippen LogP contribution is -2.57. The summed E-state index contributed by atoms with van der Waals surface area (Å²) < 4.78 is 57.2. The van der Waals surface area contributed by atoms with Gasteiger partial charge in [0, 0.05) is 24.5 Å². The van der Waals surface area contributed by atoms with Crippen LogP contribution in [0.3, 0.4) is 0 Å². The van der Waals surface area contributed by atoms with Gasteiger partial charge in [-0.25, -0.2) is 15.0 Å². The molecule has 0 aliphatic carbocycles. The summed E-state index contributed by atoms with van der Waals surface area (Å²) in [5.74, 6) is -0.914. The molecule has 2 saturated heterocycles. The number of ether oxygens (including phenoxy) is 3. The number of fused-ring (bicyclic) bond motifs is 1. The van der Waals surface area contributed by atoms with Crippen LogP contribution in [0.4, 0.5) is 19.0 Å². The highest BCUT2D eigenvalue weighted by Gasteiger charge is 2.52. The van der Waals surface area contributed by atoms with Gasteiger partial charge in [0.2, 0.25) is 0 Å². The van der Waals surface area contributed by atoms with Gasteiger partial charge in [0.15, 0.2) is 17.3 Å². The highest BCUT2D eigenvalue weighted by Crippen LogP contribution is 2.36. The fraction of sp³-hybridized carbons (Fsp3) is 0.400. The van der Waals surface area contributed by atoms with Gasteiger partial charge in [-0.2, -0.15) is 13.2 Å². The van der Waals surface area contributed by atoms with Crippen molar-refractivity contribution in [1.82, 2.24) is 25.3 Å². The summed E-state index contributed by atoms with van der Waals surface area (Å²) in [6, 6.07) is 8.82. The molecule has 1 aromatic carbocycles. The summed E-state index contributed by atoms with van der Waals surface area (Å²) in [4.78, 5) is 28.5. The minimum atomic E-state index is -4.62. The summed E-state index contributed by atoms with van der Waals surface area (Å²) in [6.45, 7) is 3.64. The second-order valence-electron chi connectivity index (χ2n) is 9.35. The Labute approximate surface area is 216 Å². The number of hydrogen-bond donors (Lipinski definition) is 2. The molecule has 2 aliphatic rings. The van der Waals surface area contributed by atoms with Gasteiger partial charge in [0.25, 0.3) is 5.91 Å². The Bertz CT molecular complexity index is 1280. The molecule has 200 valence electrons. The first-order valence-corrected chi connectivity index (χ1v) is 11.9. The maximum absolute atomic E-state index is 13.0. The van der Waals surface area contributed by atoms with Crippen LogP contribution in [0.25, 0.3) is 11.4 Å². The fourth-order valence-corrected chi connectivity index (χ4v) is 4.37. The molecule has 0 bridgehead atoms. The molecule has 2 aliphatic heterocycles. The maximum atomic E-state index is 13.0. The zero-order chi connectivity index (χ0) is 26.9. The third kappa shape index (κ3) is 5.74. The highest BCUT2D eigenvalue weighted by molar-refractivity contribution is 5.93. The van der Waals surface area contributed by atoms with Crippen molar-refractivity contribution in [3.05, 3.63) is 66.4 Å². The lowest BCUT2D eigenvalue weighted by molar-refractivity contribution is -0.153. The van der Waals surface area contributed by atoms with E-state index in [-0.39, 0.29) is 30.4 Å². The number of nitrogens with one attached hydrogen (secondary N) is 2. The van der Waals surface area contributed by atoms with Crippen molar-refractivity contribution in [3.8, 4) is 11.4 Å². The van der Waals surface area contributed by atoms with Crippen LogP contribution in [0.5, 0.6) is 0 Å². The van der Waals surface area contributed by atoms with Crippen LogP contribution in [0.2, 0.25) is 0 Å². The predicted molar refractivity (Wildman–Crippen MR) is 128 cm³/mol. The van der Waals surface area contributed by atoms with E-state index in [9.17, 15) is 18.0 Å². The number of alkyl halides is 3. The first-order valence-electron chi connectivity index (χ1n) is 11.9. The number of halogens is 3. The Morgan fingerprint density at radius 3 is 2.47 bits per heavy atom. The highest BCUT2D eigenvalue weighted by atomic mass is 19.4. The molecule has 2 aromatic heterocycles. The van der Waals surface area contributed by atoms with Gasteiger partial charge >= 0.3 is 6.18 Å². The topological polar surface area (TPSA) is 120 Å². The average Bonchev–Trinajstić information content (AvgIpc) is 3.24. The molecule has 0 spiro atoms. The van der Waals surface area contributed by atoms with E-state index in [1.165, 1.54) is 18.6 Å². The van der Waals surface area contributed by atoms with Gasteiger partial charge in [0.1, 0.15) is 24.1 Å². The summed E-state index contributed by atoms with van der Waals surface area (Å²) >= 11 is 0. The molecular formula is C25H25F3N6O4. The van der Waals surface area contributed by atoms with Gasteiger partial charge in [-0.05, 0) is 13.8 Å². The van der Waals surface area contributed by atoms with Crippen molar-refractivity contribution in [2.45, 2.75) is 50.2 Å². The Morgan fingerprint density at radius 2 is 1.76 bits per heavy atom. The normalized spacial score (nSPS) is 24.4. The van der Waals surface area contributed by atoms with Crippen molar-refractivity contribution in [3.63, 3.8) is 0 Å². The van der Waals surface area contributed by atoms with Crippen molar-refractivity contribution in [1.29, 1.82) is 0 Å². The third-order valence-corrected chi connectivity index (χ3v) is 6.08. The third-order valence-electron chi connectivity index (χ3n) is 6.08. The molecule has 4 atom stereocenters. The fourth-order valence-electron chi connectivity index (χ4n) is 4.37. The summed E-state index contributed by atoms with van der Waals surface area (Å²) in [5, 5.41) is 5.73. The van der Waals surface area contributed by atoms with Crippen molar-refractivity contribution >= 4 is 11.7 Å². The first kappa shape index (κ1) is 25.9. The van der Waals surface area contributed by atoms with Crippen LogP contribution >= 0.6 is 0 Å². The largest absolute Gasteiger partial charge is 0.434 e. The number of carbonyl (C=O) groups is 1. The van der Waals surface area contributed by atoms with E-state index in [1.807, 2.05) is 30.3 Å². The van der Waals surface area contributed by atoms with Gasteiger partial charge in [-0.15, -0.1) is 0 Å². The van der Waals surface area contributed by atoms with E-state index in [1.54, 1.807) is 13.8 Å². The SMILES string of the molecule is CC1(C)O[C@@H]2[C@H](O1)[C@@H](Nc1cncc(C(F)(F)F)n1)CO[C@@H]2CNC(=O)c1cnc(-c2ccccc2)nc1. The number of benzene rings is 1. The number of amides is 1. The number of hydrogen-bond acceptors (Lipinski definition) is 9. The zero-order valence-electron chi connectivity index (χ0n) is 20.5. The molecule has 0 radical (unpaired) electrons. The van der Waals surface area contributed by atoms with Crippen LogP contribution in [-0.2, 0) is 20.4 Å². The number of anilines is 1. The molecule has 10 nitrogen and oxygen atoms in total. The van der Waals surface area contributed by atoms with E-state index in [0.29, 0.717) is 12.0 Å². The van der Waals surface area contributed by atoms with E-state index >= 15 is 0 Å². The number of aromatic nitrogens is 4. The number of carbonyl (C=O) groups excluding carboxylic acids is 1. The average molecular weight is 531 g/mol. The summed E-state index contributed by atoms with van der Waals surface area (Å²) in [6.07, 6.45) is -1.63. The second-order valence-corrected chi connectivity index (χ2v) is 9.35. The van der Waals surface area contributed by atoms with E-state index in [0.717, 1.165) is 5.56 Å². The van der Waals surface area contributed by atoms with Crippen LogP contribution < -0.4 is 10.6 Å². The maximum Gasteiger partial charge on any atom is 0.434 e. The van der Waals surface area contributed by atoms with E-state index in [2.05, 4.69) is 30.6 Å². The Morgan fingerprint density at radius 1 is 1.05 bits per heavy atom. The Hall–Kier alpha value is -3.68. The van der Waals surface area contributed by atoms with Gasteiger partial charge < -0.3 is 24.8 Å². The smallest absolute Gasteiger partial charge is 0.371 e. The zero-order valence-corrected chi connectivity index (χ0v) is 20.5. The molecule has 4 heterocycles. The van der Waals surface area contributed by atoms with Crippen LogP contribution in [0, 0.1) is 0 Å². The monoisotopic (exact) mass is 530 g/mol. The molecule has 0 unspecified atom stereocenters. The molecule has 3 aromatic rings. The molecule has 2 fully saturated rings. The van der Waals surface area contributed by atoms with Crippen LogP contribution in [-0.4, -0.2) is 69.1 Å². The van der Waals surface area contributed by atoms with Crippen molar-refractivity contribution in [2.75, 3.05) is 18.5 Å². The standard InChI is InChI=1S/C25H25F3N6O4/c1-24(2)37-20-16(33-19-12-29-11-18(34-19)25(26,27)28)13-36-17(21(20)38-24)10-32-23(35)15-8-30-22(31-9-15)14-6-4-3-5-7-14/h3-9,11-12,16-17,20-21H,10,13H2,1-2H3,(H,32,35)(H,33,34)/t16-,17+,20+,21-/m0/s1. The lowest BCUT2D eigenvalue weighted by atomic mass is 9.98. The minimum absolute atomic E-state index is 0.0637. The van der Waals surface area contributed by atoms with Crippen LogP contribution in [0.15, 0.2) is 55.1 Å².